The third kappa shape index (κ3) is 2.70. The van der Waals surface area contributed by atoms with Crippen LogP contribution in [0, 0.1) is 0 Å². The third-order valence-electron chi connectivity index (χ3n) is 2.42. The van der Waals surface area contributed by atoms with Gasteiger partial charge in [0.1, 0.15) is 0 Å². The number of hydrogen-bond donors (Lipinski definition) is 1. The average Bonchev–Trinajstić information content (AvgIpc) is 2.19. The van der Waals surface area contributed by atoms with Gasteiger partial charge in [0.05, 0.1) is 12.3 Å². The summed E-state index contributed by atoms with van der Waals surface area (Å²) >= 11 is 0. The number of aliphatic hydroxyl groups is 1. The number of rotatable bonds is 3. The van der Waals surface area contributed by atoms with Crippen LogP contribution in [0.2, 0.25) is 0 Å². The highest BCUT2D eigenvalue weighted by Crippen LogP contribution is 2.19. The summed E-state index contributed by atoms with van der Waals surface area (Å²) in [6, 6.07) is 1.70. The van der Waals surface area contributed by atoms with Crippen molar-refractivity contribution in [1.29, 1.82) is 0 Å². The van der Waals surface area contributed by atoms with E-state index in [0.29, 0.717) is 12.1 Å². The molecule has 0 aliphatic carbocycles. The first-order valence-electron chi connectivity index (χ1n) is 5.62. The van der Waals surface area contributed by atoms with E-state index in [0.717, 1.165) is 12.1 Å². The van der Waals surface area contributed by atoms with Crippen LogP contribution in [0.1, 0.15) is 45.4 Å². The molecular formula is C12H20N2O2. The van der Waals surface area contributed by atoms with Crippen molar-refractivity contribution < 1.29 is 5.11 Å². The first-order valence-corrected chi connectivity index (χ1v) is 5.62. The molecule has 0 saturated heterocycles. The lowest BCUT2D eigenvalue weighted by molar-refractivity contribution is 0.277. The highest BCUT2D eigenvalue weighted by molar-refractivity contribution is 5.18. The Morgan fingerprint density at radius 1 is 1.44 bits per heavy atom. The first-order chi connectivity index (χ1) is 7.40. The van der Waals surface area contributed by atoms with Crippen molar-refractivity contribution in [1.82, 2.24) is 9.78 Å². The first kappa shape index (κ1) is 12.9. The molecule has 4 nitrogen and oxygen atoms in total. The summed E-state index contributed by atoms with van der Waals surface area (Å²) in [4.78, 5) is 11.8. The largest absolute Gasteiger partial charge is 0.391 e. The zero-order valence-corrected chi connectivity index (χ0v) is 10.4. The summed E-state index contributed by atoms with van der Waals surface area (Å²) < 4.78 is 1.45. The summed E-state index contributed by atoms with van der Waals surface area (Å²) in [5.41, 5.74) is 0.961. The topological polar surface area (TPSA) is 55.1 Å². The van der Waals surface area contributed by atoms with Gasteiger partial charge in [-0.1, -0.05) is 27.7 Å². The van der Waals surface area contributed by atoms with E-state index in [1.54, 1.807) is 6.07 Å². The van der Waals surface area contributed by atoms with E-state index in [2.05, 4.69) is 5.10 Å². The van der Waals surface area contributed by atoms with Crippen LogP contribution in [-0.2, 0) is 18.6 Å². The third-order valence-corrected chi connectivity index (χ3v) is 2.42. The number of aryl methyl sites for hydroxylation is 1. The molecule has 16 heavy (non-hydrogen) atoms. The molecule has 0 amide bonds. The zero-order valence-electron chi connectivity index (χ0n) is 10.4. The minimum absolute atomic E-state index is 0.118. The Labute approximate surface area is 95.9 Å². The summed E-state index contributed by atoms with van der Waals surface area (Å²) in [7, 11) is 0. The van der Waals surface area contributed by atoms with Crippen LogP contribution in [0.25, 0.3) is 0 Å². The van der Waals surface area contributed by atoms with Gasteiger partial charge in [0.15, 0.2) is 0 Å². The highest BCUT2D eigenvalue weighted by Gasteiger charge is 2.18. The molecule has 1 N–H and O–H groups in total. The Morgan fingerprint density at radius 2 is 2.06 bits per heavy atom. The van der Waals surface area contributed by atoms with Gasteiger partial charge in [0, 0.05) is 17.5 Å². The van der Waals surface area contributed by atoms with Crippen molar-refractivity contribution in [2.75, 3.05) is 0 Å². The lowest BCUT2D eigenvalue weighted by Crippen LogP contribution is -2.30. The molecule has 0 atom stereocenters. The molecule has 0 spiro atoms. The smallest absolute Gasteiger partial charge is 0.272 e. The lowest BCUT2D eigenvalue weighted by atomic mass is 9.91. The van der Waals surface area contributed by atoms with Crippen molar-refractivity contribution in [2.24, 2.45) is 0 Å². The van der Waals surface area contributed by atoms with Crippen LogP contribution in [-0.4, -0.2) is 14.9 Å². The maximum Gasteiger partial charge on any atom is 0.272 e. The van der Waals surface area contributed by atoms with Crippen molar-refractivity contribution in [3.63, 3.8) is 0 Å². The van der Waals surface area contributed by atoms with Crippen molar-refractivity contribution >= 4 is 0 Å². The fourth-order valence-electron chi connectivity index (χ4n) is 1.44. The average molecular weight is 224 g/mol. The van der Waals surface area contributed by atoms with Crippen molar-refractivity contribution in [3.8, 4) is 0 Å². The second-order valence-corrected chi connectivity index (χ2v) is 4.99. The number of hydrogen-bond acceptors (Lipinski definition) is 3. The van der Waals surface area contributed by atoms with Gasteiger partial charge in [-0.25, -0.2) is 4.68 Å². The second kappa shape index (κ2) is 4.78. The molecular weight excluding hydrogens is 204 g/mol. The Balaban J connectivity index is 3.34. The van der Waals surface area contributed by atoms with Gasteiger partial charge in [-0.3, -0.25) is 4.79 Å². The summed E-state index contributed by atoms with van der Waals surface area (Å²) in [6.45, 7) is 8.48. The van der Waals surface area contributed by atoms with E-state index >= 15 is 0 Å². The molecule has 0 aliphatic rings. The van der Waals surface area contributed by atoms with Crippen LogP contribution in [0.4, 0.5) is 0 Å². The quantitative estimate of drug-likeness (QED) is 0.845. The van der Waals surface area contributed by atoms with E-state index in [4.69, 9.17) is 5.11 Å². The summed E-state index contributed by atoms with van der Waals surface area (Å²) in [6.07, 6.45) is 0.853. The van der Waals surface area contributed by atoms with Gasteiger partial charge < -0.3 is 5.11 Å². The molecule has 0 aliphatic heterocycles. The van der Waals surface area contributed by atoms with Crippen LogP contribution in [0.5, 0.6) is 0 Å². The molecule has 1 aromatic rings. The van der Waals surface area contributed by atoms with Crippen LogP contribution < -0.4 is 5.56 Å². The molecule has 0 bridgehead atoms. The molecule has 90 valence electrons. The maximum atomic E-state index is 11.8. The lowest BCUT2D eigenvalue weighted by Gasteiger charge is -2.19. The standard InChI is InChI=1S/C12H20N2O2/c1-5-6-14-11(16)9(8-15)7-10(13-14)12(2,3)4/h7,15H,5-6,8H2,1-4H3. The van der Waals surface area contributed by atoms with Gasteiger partial charge >= 0.3 is 0 Å². The Hall–Kier alpha value is -1.16. The van der Waals surface area contributed by atoms with E-state index in [1.165, 1.54) is 4.68 Å². The number of aliphatic hydroxyl groups excluding tert-OH is 1. The maximum absolute atomic E-state index is 11.8. The highest BCUT2D eigenvalue weighted by atomic mass is 16.3. The van der Waals surface area contributed by atoms with Crippen LogP contribution in [0.3, 0.4) is 0 Å². The van der Waals surface area contributed by atoms with Gasteiger partial charge in [0.2, 0.25) is 0 Å². The monoisotopic (exact) mass is 224 g/mol. The Kier molecular flexibility index (Phi) is 3.86. The molecule has 0 aromatic carbocycles. The van der Waals surface area contributed by atoms with E-state index in [1.807, 2.05) is 27.7 Å². The summed E-state index contributed by atoms with van der Waals surface area (Å²) in [5.74, 6) is 0. The van der Waals surface area contributed by atoms with E-state index in [9.17, 15) is 4.79 Å². The summed E-state index contributed by atoms with van der Waals surface area (Å²) in [5, 5.41) is 13.5. The molecule has 0 fully saturated rings. The fourth-order valence-corrected chi connectivity index (χ4v) is 1.44. The Morgan fingerprint density at radius 3 is 2.50 bits per heavy atom. The number of nitrogens with zero attached hydrogens (tertiary/aromatic N) is 2. The molecule has 1 rings (SSSR count). The predicted octanol–water partition coefficient (Wildman–Crippen LogP) is 1.44. The van der Waals surface area contributed by atoms with Gasteiger partial charge in [-0.15, -0.1) is 0 Å². The normalized spacial score (nSPS) is 11.8. The van der Waals surface area contributed by atoms with Gasteiger partial charge in [0.25, 0.3) is 5.56 Å². The van der Waals surface area contributed by atoms with E-state index < -0.39 is 0 Å². The SMILES string of the molecule is CCCn1nc(C(C)(C)C)cc(CO)c1=O. The molecule has 0 saturated carbocycles. The molecule has 1 heterocycles. The van der Waals surface area contributed by atoms with Crippen molar-refractivity contribution in [2.45, 2.75) is 52.7 Å². The minimum atomic E-state index is -0.228. The zero-order chi connectivity index (χ0) is 12.3. The minimum Gasteiger partial charge on any atom is -0.391 e. The van der Waals surface area contributed by atoms with Gasteiger partial charge in [-0.05, 0) is 12.5 Å². The van der Waals surface area contributed by atoms with E-state index in [-0.39, 0.29) is 17.6 Å². The molecule has 0 radical (unpaired) electrons. The molecule has 4 heteroatoms. The van der Waals surface area contributed by atoms with Crippen LogP contribution >= 0.6 is 0 Å². The van der Waals surface area contributed by atoms with Crippen molar-refractivity contribution in [3.05, 3.63) is 27.7 Å². The molecule has 1 aromatic heterocycles. The van der Waals surface area contributed by atoms with Crippen LogP contribution in [0.15, 0.2) is 10.9 Å². The fraction of sp³-hybridized carbons (Fsp3) is 0.667. The number of aromatic nitrogens is 2. The second-order valence-electron chi connectivity index (χ2n) is 4.99. The predicted molar refractivity (Wildman–Crippen MR) is 63.4 cm³/mol. The van der Waals surface area contributed by atoms with Gasteiger partial charge in [-0.2, -0.15) is 5.10 Å². The molecule has 0 unspecified atom stereocenters. The Bertz CT molecular complexity index is 416.